The van der Waals surface area contributed by atoms with Gasteiger partial charge in [0.25, 0.3) is 0 Å². The molecule has 0 aliphatic rings. The second-order valence-electron chi connectivity index (χ2n) is 3.71. The molecule has 0 aromatic carbocycles. The number of aromatic nitrogens is 3. The van der Waals surface area contributed by atoms with Crippen LogP contribution < -0.4 is 0 Å². The summed E-state index contributed by atoms with van der Waals surface area (Å²) in [7, 11) is 0. The molecule has 0 fully saturated rings. The monoisotopic (exact) mass is 240 g/mol. The Morgan fingerprint density at radius 1 is 1.29 bits per heavy atom. The molecule has 0 N–H and O–H groups in total. The molecule has 17 heavy (non-hydrogen) atoms. The SMILES string of the molecule is Cc1ccsc1-c1nnc2ccc(C#N)cn12. The van der Waals surface area contributed by atoms with Crippen molar-refractivity contribution in [2.75, 3.05) is 0 Å². The number of hydrogen-bond donors (Lipinski definition) is 0. The van der Waals surface area contributed by atoms with Crippen LogP contribution in [0.4, 0.5) is 0 Å². The molecule has 0 radical (unpaired) electrons. The number of nitrogens with zero attached hydrogens (tertiary/aromatic N) is 4. The molecule has 0 aliphatic carbocycles. The van der Waals surface area contributed by atoms with E-state index in [1.54, 1.807) is 29.7 Å². The predicted octanol–water partition coefficient (Wildman–Crippen LogP) is 2.64. The predicted molar refractivity (Wildman–Crippen MR) is 65.8 cm³/mol. The number of fused-ring (bicyclic) bond motifs is 1. The van der Waals surface area contributed by atoms with Crippen LogP contribution in [-0.4, -0.2) is 14.6 Å². The smallest absolute Gasteiger partial charge is 0.178 e. The highest BCUT2D eigenvalue weighted by Gasteiger charge is 2.11. The molecule has 5 heteroatoms. The maximum absolute atomic E-state index is 8.91. The van der Waals surface area contributed by atoms with Crippen molar-refractivity contribution >= 4 is 17.0 Å². The fourth-order valence-corrected chi connectivity index (χ4v) is 2.62. The average molecular weight is 240 g/mol. The highest BCUT2D eigenvalue weighted by molar-refractivity contribution is 7.13. The van der Waals surface area contributed by atoms with Gasteiger partial charge in [-0.1, -0.05) is 0 Å². The normalized spacial score (nSPS) is 10.6. The third-order valence-corrected chi connectivity index (χ3v) is 3.61. The molecule has 0 spiro atoms. The summed E-state index contributed by atoms with van der Waals surface area (Å²) < 4.78 is 1.86. The lowest BCUT2D eigenvalue weighted by Crippen LogP contribution is -1.90. The van der Waals surface area contributed by atoms with E-state index in [0.717, 1.165) is 16.3 Å². The molecular formula is C12H8N4S. The highest BCUT2D eigenvalue weighted by Crippen LogP contribution is 2.27. The fraction of sp³-hybridized carbons (Fsp3) is 0.0833. The topological polar surface area (TPSA) is 54.0 Å². The summed E-state index contributed by atoms with van der Waals surface area (Å²) in [6, 6.07) is 7.72. The van der Waals surface area contributed by atoms with E-state index in [2.05, 4.69) is 22.3 Å². The Balaban J connectivity index is 2.31. The Hall–Kier alpha value is -2.19. The Morgan fingerprint density at radius 3 is 2.88 bits per heavy atom. The van der Waals surface area contributed by atoms with Gasteiger partial charge >= 0.3 is 0 Å². The van der Waals surface area contributed by atoms with Crippen molar-refractivity contribution in [3.63, 3.8) is 0 Å². The minimum Gasteiger partial charge on any atom is -0.280 e. The molecule has 3 aromatic heterocycles. The van der Waals surface area contributed by atoms with Crippen LogP contribution in [0.1, 0.15) is 11.1 Å². The molecule has 82 valence electrons. The molecule has 3 heterocycles. The molecule has 0 atom stereocenters. The summed E-state index contributed by atoms with van der Waals surface area (Å²) in [6.45, 7) is 2.04. The Kier molecular flexibility index (Phi) is 2.16. The lowest BCUT2D eigenvalue weighted by Gasteiger charge is -1.98. The van der Waals surface area contributed by atoms with Gasteiger partial charge in [0.05, 0.1) is 10.4 Å². The number of pyridine rings is 1. The summed E-state index contributed by atoms with van der Waals surface area (Å²) in [5.41, 5.74) is 2.53. The van der Waals surface area contributed by atoms with Crippen LogP contribution in [0.3, 0.4) is 0 Å². The molecule has 0 saturated heterocycles. The number of rotatable bonds is 1. The minimum atomic E-state index is 0.604. The summed E-state index contributed by atoms with van der Waals surface area (Å²) >= 11 is 1.63. The maximum Gasteiger partial charge on any atom is 0.178 e. The summed E-state index contributed by atoms with van der Waals surface area (Å²) in [6.07, 6.45) is 1.77. The first-order valence-corrected chi connectivity index (χ1v) is 5.97. The van der Waals surface area contributed by atoms with E-state index in [4.69, 9.17) is 5.26 Å². The first-order chi connectivity index (χ1) is 8.29. The second-order valence-corrected chi connectivity index (χ2v) is 4.63. The van der Waals surface area contributed by atoms with Gasteiger partial charge in [0, 0.05) is 6.20 Å². The number of thiophene rings is 1. The molecule has 0 unspecified atom stereocenters. The van der Waals surface area contributed by atoms with Gasteiger partial charge in [0.15, 0.2) is 11.5 Å². The van der Waals surface area contributed by atoms with Crippen molar-refractivity contribution in [1.82, 2.24) is 14.6 Å². The van der Waals surface area contributed by atoms with Gasteiger partial charge in [-0.3, -0.25) is 4.40 Å². The van der Waals surface area contributed by atoms with Crippen molar-refractivity contribution in [2.24, 2.45) is 0 Å². The Morgan fingerprint density at radius 2 is 2.18 bits per heavy atom. The first-order valence-electron chi connectivity index (χ1n) is 5.09. The van der Waals surface area contributed by atoms with Gasteiger partial charge in [0.1, 0.15) is 6.07 Å². The van der Waals surface area contributed by atoms with Crippen LogP contribution in [0, 0.1) is 18.3 Å². The largest absolute Gasteiger partial charge is 0.280 e. The lowest BCUT2D eigenvalue weighted by molar-refractivity contribution is 1.11. The first kappa shape index (κ1) is 10.00. The van der Waals surface area contributed by atoms with Gasteiger partial charge < -0.3 is 0 Å². The average Bonchev–Trinajstić information content (AvgIpc) is 2.94. The zero-order valence-corrected chi connectivity index (χ0v) is 9.90. The summed E-state index contributed by atoms with van der Waals surface area (Å²) in [4.78, 5) is 1.09. The van der Waals surface area contributed by atoms with Gasteiger partial charge in [-0.05, 0) is 36.1 Å². The van der Waals surface area contributed by atoms with E-state index >= 15 is 0 Å². The van der Waals surface area contributed by atoms with Gasteiger partial charge in [-0.2, -0.15) is 5.26 Å². The zero-order valence-electron chi connectivity index (χ0n) is 9.08. The molecule has 4 nitrogen and oxygen atoms in total. The molecule has 0 aliphatic heterocycles. The van der Waals surface area contributed by atoms with Gasteiger partial charge in [0.2, 0.25) is 0 Å². The van der Waals surface area contributed by atoms with Crippen molar-refractivity contribution in [2.45, 2.75) is 6.92 Å². The van der Waals surface area contributed by atoms with Crippen molar-refractivity contribution in [3.8, 4) is 16.8 Å². The summed E-state index contributed by atoms with van der Waals surface area (Å²) in [5, 5.41) is 19.2. The molecule has 0 saturated carbocycles. The Labute approximate surface area is 102 Å². The van der Waals surface area contributed by atoms with E-state index in [0.29, 0.717) is 5.56 Å². The van der Waals surface area contributed by atoms with Gasteiger partial charge in [-0.25, -0.2) is 0 Å². The third kappa shape index (κ3) is 1.50. The van der Waals surface area contributed by atoms with Crippen molar-refractivity contribution in [1.29, 1.82) is 5.26 Å². The molecular weight excluding hydrogens is 232 g/mol. The van der Waals surface area contributed by atoms with E-state index in [1.807, 2.05) is 16.7 Å². The molecule has 3 rings (SSSR count). The quantitative estimate of drug-likeness (QED) is 0.657. The fourth-order valence-electron chi connectivity index (χ4n) is 1.71. The number of nitriles is 1. The highest BCUT2D eigenvalue weighted by atomic mass is 32.1. The van der Waals surface area contributed by atoms with Crippen LogP contribution in [0.15, 0.2) is 29.8 Å². The minimum absolute atomic E-state index is 0.604. The van der Waals surface area contributed by atoms with Crippen LogP contribution in [-0.2, 0) is 0 Å². The van der Waals surface area contributed by atoms with Gasteiger partial charge in [-0.15, -0.1) is 21.5 Å². The van der Waals surface area contributed by atoms with E-state index in [9.17, 15) is 0 Å². The van der Waals surface area contributed by atoms with Crippen LogP contribution in [0.25, 0.3) is 16.3 Å². The van der Waals surface area contributed by atoms with Crippen molar-refractivity contribution in [3.05, 3.63) is 40.9 Å². The van der Waals surface area contributed by atoms with E-state index in [1.165, 1.54) is 5.56 Å². The molecule has 0 amide bonds. The molecule has 3 aromatic rings. The standard InChI is InChI=1S/C12H8N4S/c1-8-4-5-17-11(8)12-15-14-10-3-2-9(6-13)7-16(10)12/h2-5,7H,1H3. The number of aryl methyl sites for hydroxylation is 1. The zero-order chi connectivity index (χ0) is 11.8. The Bertz CT molecular complexity index is 732. The van der Waals surface area contributed by atoms with E-state index < -0.39 is 0 Å². The lowest BCUT2D eigenvalue weighted by atomic mass is 10.2. The van der Waals surface area contributed by atoms with Crippen LogP contribution in [0.2, 0.25) is 0 Å². The maximum atomic E-state index is 8.91. The molecule has 0 bridgehead atoms. The van der Waals surface area contributed by atoms with Crippen LogP contribution >= 0.6 is 11.3 Å². The third-order valence-electron chi connectivity index (χ3n) is 2.60. The van der Waals surface area contributed by atoms with E-state index in [-0.39, 0.29) is 0 Å². The number of hydrogen-bond acceptors (Lipinski definition) is 4. The van der Waals surface area contributed by atoms with Crippen molar-refractivity contribution < 1.29 is 0 Å². The second kappa shape index (κ2) is 3.68. The van der Waals surface area contributed by atoms with Crippen LogP contribution in [0.5, 0.6) is 0 Å². The summed E-state index contributed by atoms with van der Waals surface area (Å²) in [5.74, 6) is 0.796.